The number of nitrogens with one attached hydrogen (secondary N) is 1. The summed E-state index contributed by atoms with van der Waals surface area (Å²) in [5, 5.41) is 18.4. The van der Waals surface area contributed by atoms with Crippen molar-refractivity contribution in [1.82, 2.24) is 19.7 Å². The van der Waals surface area contributed by atoms with Gasteiger partial charge in [-0.1, -0.05) is 0 Å². The number of likely N-dealkylation sites (tertiary alicyclic amines) is 1. The van der Waals surface area contributed by atoms with Crippen molar-refractivity contribution in [2.24, 2.45) is 5.92 Å². The van der Waals surface area contributed by atoms with Gasteiger partial charge in [-0.25, -0.2) is 0 Å². The molecular weight excluding hydrogens is 362 g/mol. The van der Waals surface area contributed by atoms with Gasteiger partial charge in [-0.2, -0.15) is 5.10 Å². The number of nitro groups is 1. The number of aromatic amines is 1. The first-order chi connectivity index (χ1) is 13.5. The Morgan fingerprint density at radius 2 is 2.04 bits per heavy atom. The lowest BCUT2D eigenvalue weighted by Crippen LogP contribution is -2.49. The Labute approximate surface area is 160 Å². The minimum absolute atomic E-state index is 0.0136. The third-order valence-corrected chi connectivity index (χ3v) is 6.33. The summed E-state index contributed by atoms with van der Waals surface area (Å²) in [5.74, 6) is 0.0798. The smallest absolute Gasteiger partial charge is 0.334 e. The van der Waals surface area contributed by atoms with E-state index in [1.54, 1.807) is 6.07 Å². The summed E-state index contributed by atoms with van der Waals surface area (Å²) < 4.78 is 1.54. The standard InChI is InChI=1S/C19H21N5O4/c25-18-16(24(27)28)6-5-15-12-7-11(9-23(15)18)8-22(10-12)19(26)17-13-3-1-2-4-14(13)20-21-17/h5-6,11-12H,1-4,7-10H2,(H,20,21). The first-order valence-corrected chi connectivity index (χ1v) is 9.76. The van der Waals surface area contributed by atoms with Gasteiger partial charge in [0.15, 0.2) is 5.69 Å². The zero-order valence-electron chi connectivity index (χ0n) is 15.4. The molecule has 2 bridgehead atoms. The summed E-state index contributed by atoms with van der Waals surface area (Å²) in [5.41, 5.74) is 2.53. The molecule has 2 atom stereocenters. The summed E-state index contributed by atoms with van der Waals surface area (Å²) in [6.07, 6.45) is 4.91. The van der Waals surface area contributed by atoms with Gasteiger partial charge in [0.1, 0.15) is 0 Å². The van der Waals surface area contributed by atoms with E-state index in [-0.39, 0.29) is 23.4 Å². The fourth-order valence-electron chi connectivity index (χ4n) is 5.05. The molecule has 1 aliphatic carbocycles. The fourth-order valence-corrected chi connectivity index (χ4v) is 5.05. The van der Waals surface area contributed by atoms with Crippen LogP contribution in [0, 0.1) is 16.0 Å². The zero-order chi connectivity index (χ0) is 19.4. The van der Waals surface area contributed by atoms with Crippen LogP contribution in [0.5, 0.6) is 0 Å². The van der Waals surface area contributed by atoms with E-state index >= 15 is 0 Å². The van der Waals surface area contributed by atoms with Crippen LogP contribution in [0.2, 0.25) is 0 Å². The quantitative estimate of drug-likeness (QED) is 0.625. The number of aryl methyl sites for hydroxylation is 1. The van der Waals surface area contributed by atoms with E-state index in [0.717, 1.165) is 49.1 Å². The average Bonchev–Trinajstić information content (AvgIpc) is 3.12. The van der Waals surface area contributed by atoms with Crippen molar-refractivity contribution in [3.63, 3.8) is 0 Å². The third-order valence-electron chi connectivity index (χ3n) is 6.33. The SMILES string of the molecule is O=C(c1n[nH]c2c1CCCC2)N1CC2CC(C1)c1ccc([N+](=O)[O-])c(=O)n1C2. The number of pyridine rings is 1. The van der Waals surface area contributed by atoms with Crippen LogP contribution < -0.4 is 5.56 Å². The monoisotopic (exact) mass is 383 g/mol. The largest absolute Gasteiger partial charge is 0.336 e. The number of carbonyl (C=O) groups excluding carboxylic acids is 1. The van der Waals surface area contributed by atoms with Crippen molar-refractivity contribution in [2.75, 3.05) is 13.1 Å². The van der Waals surface area contributed by atoms with E-state index in [2.05, 4.69) is 10.2 Å². The van der Waals surface area contributed by atoms with Crippen molar-refractivity contribution in [2.45, 2.75) is 44.6 Å². The Morgan fingerprint density at radius 1 is 1.21 bits per heavy atom. The molecule has 146 valence electrons. The van der Waals surface area contributed by atoms with Gasteiger partial charge in [-0.05, 0) is 44.1 Å². The summed E-state index contributed by atoms with van der Waals surface area (Å²) >= 11 is 0. The Bertz CT molecular complexity index is 1040. The maximum Gasteiger partial charge on any atom is 0.334 e. The molecule has 4 heterocycles. The van der Waals surface area contributed by atoms with Crippen LogP contribution in [0.3, 0.4) is 0 Å². The predicted octanol–water partition coefficient (Wildman–Crippen LogP) is 1.62. The van der Waals surface area contributed by atoms with E-state index in [1.165, 1.54) is 10.6 Å². The van der Waals surface area contributed by atoms with Gasteiger partial charge in [0.05, 0.1) is 4.92 Å². The molecule has 3 aliphatic rings. The summed E-state index contributed by atoms with van der Waals surface area (Å²) in [6.45, 7) is 1.47. The molecule has 0 saturated carbocycles. The number of piperidine rings is 1. The minimum atomic E-state index is -0.628. The maximum absolute atomic E-state index is 13.2. The molecule has 1 fully saturated rings. The van der Waals surface area contributed by atoms with Crippen LogP contribution in [0.15, 0.2) is 16.9 Å². The topological polar surface area (TPSA) is 114 Å². The van der Waals surface area contributed by atoms with Gasteiger partial charge >= 0.3 is 11.2 Å². The van der Waals surface area contributed by atoms with Gasteiger partial charge in [0.2, 0.25) is 0 Å². The van der Waals surface area contributed by atoms with Crippen molar-refractivity contribution in [1.29, 1.82) is 0 Å². The number of amides is 1. The summed E-state index contributed by atoms with van der Waals surface area (Å²) in [7, 11) is 0. The molecule has 28 heavy (non-hydrogen) atoms. The number of rotatable bonds is 2. The molecule has 2 aromatic rings. The van der Waals surface area contributed by atoms with Crippen molar-refractivity contribution >= 4 is 11.6 Å². The van der Waals surface area contributed by atoms with Gasteiger partial charge < -0.3 is 9.47 Å². The number of hydrogen-bond donors (Lipinski definition) is 1. The first kappa shape index (κ1) is 17.2. The summed E-state index contributed by atoms with van der Waals surface area (Å²) in [4.78, 5) is 37.9. The second kappa shape index (κ2) is 6.29. The number of nitrogens with zero attached hydrogens (tertiary/aromatic N) is 4. The zero-order valence-corrected chi connectivity index (χ0v) is 15.4. The highest BCUT2D eigenvalue weighted by molar-refractivity contribution is 5.94. The Balaban J connectivity index is 1.44. The number of fused-ring (bicyclic) bond motifs is 5. The van der Waals surface area contributed by atoms with Gasteiger partial charge in [0.25, 0.3) is 5.91 Å². The second-order valence-electron chi connectivity index (χ2n) is 8.06. The fraction of sp³-hybridized carbons (Fsp3) is 0.526. The highest BCUT2D eigenvalue weighted by Gasteiger charge is 2.39. The molecule has 1 N–H and O–H groups in total. The highest BCUT2D eigenvalue weighted by Crippen LogP contribution is 2.36. The molecule has 9 heteroatoms. The molecule has 1 amide bonds. The number of H-pyrrole nitrogens is 1. The van der Waals surface area contributed by atoms with E-state index < -0.39 is 10.5 Å². The lowest BCUT2D eigenvalue weighted by atomic mass is 9.83. The molecule has 1 saturated heterocycles. The van der Waals surface area contributed by atoms with Crippen LogP contribution in [0.25, 0.3) is 0 Å². The predicted molar refractivity (Wildman–Crippen MR) is 99.3 cm³/mol. The van der Waals surface area contributed by atoms with Gasteiger partial charge in [0, 0.05) is 48.6 Å². The third kappa shape index (κ3) is 2.56. The molecule has 0 spiro atoms. The Kier molecular flexibility index (Phi) is 3.85. The molecule has 2 unspecified atom stereocenters. The van der Waals surface area contributed by atoms with Crippen molar-refractivity contribution < 1.29 is 9.72 Å². The average molecular weight is 383 g/mol. The Morgan fingerprint density at radius 3 is 2.86 bits per heavy atom. The second-order valence-corrected chi connectivity index (χ2v) is 8.06. The van der Waals surface area contributed by atoms with Crippen LogP contribution in [-0.4, -0.2) is 43.6 Å². The van der Waals surface area contributed by atoms with E-state index in [4.69, 9.17) is 0 Å². The first-order valence-electron chi connectivity index (χ1n) is 9.76. The van der Waals surface area contributed by atoms with Crippen LogP contribution in [0.1, 0.15) is 52.6 Å². The molecular formula is C19H21N5O4. The van der Waals surface area contributed by atoms with Gasteiger partial charge in [-0.15, -0.1) is 0 Å². The molecule has 5 rings (SSSR count). The van der Waals surface area contributed by atoms with Crippen molar-refractivity contribution in [3.8, 4) is 0 Å². The molecule has 0 aromatic carbocycles. The molecule has 9 nitrogen and oxygen atoms in total. The number of aromatic nitrogens is 3. The van der Waals surface area contributed by atoms with Crippen molar-refractivity contribution in [3.05, 3.63) is 55.2 Å². The van der Waals surface area contributed by atoms with Crippen LogP contribution >= 0.6 is 0 Å². The number of carbonyl (C=O) groups is 1. The van der Waals surface area contributed by atoms with E-state index in [9.17, 15) is 19.7 Å². The van der Waals surface area contributed by atoms with Gasteiger partial charge in [-0.3, -0.25) is 24.8 Å². The normalized spacial score (nSPS) is 23.1. The van der Waals surface area contributed by atoms with E-state index in [0.29, 0.717) is 25.3 Å². The van der Waals surface area contributed by atoms with E-state index in [1.807, 2.05) is 4.90 Å². The Hall–Kier alpha value is -2.97. The van der Waals surface area contributed by atoms with Crippen LogP contribution in [-0.2, 0) is 19.4 Å². The number of hydrogen-bond acceptors (Lipinski definition) is 5. The molecule has 2 aliphatic heterocycles. The lowest BCUT2D eigenvalue weighted by molar-refractivity contribution is -0.386. The molecule has 0 radical (unpaired) electrons. The molecule has 2 aromatic heterocycles. The van der Waals surface area contributed by atoms with Crippen LogP contribution in [0.4, 0.5) is 5.69 Å². The minimum Gasteiger partial charge on any atom is -0.336 e. The lowest BCUT2D eigenvalue weighted by Gasteiger charge is -2.42. The summed E-state index contributed by atoms with van der Waals surface area (Å²) in [6, 6.07) is 2.96. The highest BCUT2D eigenvalue weighted by atomic mass is 16.6. The maximum atomic E-state index is 13.2.